The fraction of sp³-hybridized carbons (Fsp3) is 0.333. The molecule has 1 heterocycles. The van der Waals surface area contributed by atoms with Crippen LogP contribution < -0.4 is 0 Å². The minimum atomic E-state index is -0.251. The minimum absolute atomic E-state index is 0.00554. The van der Waals surface area contributed by atoms with Gasteiger partial charge in [0.05, 0.1) is 12.5 Å². The standard InChI is InChI=1S/C18H19NO3/c1-3-22-18(21)15-10-14(15)17(20)9-8-12-11-19(2)16-7-5-4-6-13(12)16/h4-9,11,14-15H,3,10H2,1-2H3/b9-8+/t14-,15-/m1/s1. The predicted octanol–water partition coefficient (Wildman–Crippen LogP) is 2.96. The Morgan fingerprint density at radius 2 is 2.09 bits per heavy atom. The van der Waals surface area contributed by atoms with Gasteiger partial charge < -0.3 is 9.30 Å². The van der Waals surface area contributed by atoms with Crippen LogP contribution in [-0.2, 0) is 21.4 Å². The van der Waals surface area contributed by atoms with E-state index in [1.54, 1.807) is 13.0 Å². The van der Waals surface area contributed by atoms with Crippen LogP contribution in [0, 0.1) is 11.8 Å². The Morgan fingerprint density at radius 3 is 2.86 bits per heavy atom. The van der Waals surface area contributed by atoms with Gasteiger partial charge in [-0.1, -0.05) is 18.2 Å². The number of rotatable bonds is 5. The molecule has 4 nitrogen and oxygen atoms in total. The van der Waals surface area contributed by atoms with Crippen LogP contribution in [0.15, 0.2) is 36.5 Å². The summed E-state index contributed by atoms with van der Waals surface area (Å²) in [7, 11) is 1.99. The van der Waals surface area contributed by atoms with Gasteiger partial charge in [0.25, 0.3) is 0 Å². The molecule has 1 aromatic carbocycles. The summed E-state index contributed by atoms with van der Waals surface area (Å²) in [6.07, 6.45) is 6.04. The molecule has 0 aliphatic heterocycles. The zero-order valence-corrected chi connectivity index (χ0v) is 12.8. The molecular formula is C18H19NO3. The fourth-order valence-electron chi connectivity index (χ4n) is 2.82. The van der Waals surface area contributed by atoms with E-state index in [9.17, 15) is 9.59 Å². The van der Waals surface area contributed by atoms with Crippen molar-refractivity contribution in [2.45, 2.75) is 13.3 Å². The molecular weight excluding hydrogens is 278 g/mol. The third kappa shape index (κ3) is 2.69. The van der Waals surface area contributed by atoms with Gasteiger partial charge in [0.2, 0.25) is 0 Å². The number of carbonyl (C=O) groups excluding carboxylic acids is 2. The van der Waals surface area contributed by atoms with Crippen LogP contribution in [0.1, 0.15) is 18.9 Å². The number of carbonyl (C=O) groups is 2. The van der Waals surface area contributed by atoms with Crippen molar-refractivity contribution in [3.63, 3.8) is 0 Å². The summed E-state index contributed by atoms with van der Waals surface area (Å²) in [6.45, 7) is 2.14. The van der Waals surface area contributed by atoms with E-state index in [0.717, 1.165) is 16.5 Å². The van der Waals surface area contributed by atoms with Crippen molar-refractivity contribution < 1.29 is 14.3 Å². The lowest BCUT2D eigenvalue weighted by Crippen LogP contribution is -2.10. The Hall–Kier alpha value is -2.36. The average molecular weight is 297 g/mol. The summed E-state index contributed by atoms with van der Waals surface area (Å²) in [4.78, 5) is 23.7. The first-order valence-corrected chi connectivity index (χ1v) is 7.54. The number of aryl methyl sites for hydroxylation is 1. The Labute approximate surface area is 129 Å². The molecule has 0 spiro atoms. The number of nitrogens with zero attached hydrogens (tertiary/aromatic N) is 1. The smallest absolute Gasteiger partial charge is 0.309 e. The number of hydrogen-bond donors (Lipinski definition) is 0. The van der Waals surface area contributed by atoms with Gasteiger partial charge in [-0.25, -0.2) is 0 Å². The molecule has 114 valence electrons. The lowest BCUT2D eigenvalue weighted by molar-refractivity contribution is -0.145. The number of ketones is 1. The molecule has 3 rings (SSSR count). The van der Waals surface area contributed by atoms with E-state index >= 15 is 0 Å². The molecule has 0 unspecified atom stereocenters. The Balaban J connectivity index is 1.72. The van der Waals surface area contributed by atoms with Gasteiger partial charge in [0.15, 0.2) is 5.78 Å². The molecule has 1 aliphatic carbocycles. The number of fused-ring (bicyclic) bond motifs is 1. The minimum Gasteiger partial charge on any atom is -0.466 e. The lowest BCUT2D eigenvalue weighted by Gasteiger charge is -1.98. The SMILES string of the molecule is CCOC(=O)[C@@H]1C[C@H]1C(=O)/C=C/c1cn(C)c2ccccc12. The van der Waals surface area contributed by atoms with Crippen LogP contribution in [0.4, 0.5) is 0 Å². The monoisotopic (exact) mass is 297 g/mol. The third-order valence-corrected chi connectivity index (χ3v) is 4.10. The molecule has 0 radical (unpaired) electrons. The highest BCUT2D eigenvalue weighted by Gasteiger charge is 2.47. The van der Waals surface area contributed by atoms with Gasteiger partial charge in [-0.2, -0.15) is 0 Å². The zero-order valence-electron chi connectivity index (χ0n) is 12.8. The van der Waals surface area contributed by atoms with Crippen LogP contribution in [-0.4, -0.2) is 22.9 Å². The van der Waals surface area contributed by atoms with Crippen molar-refractivity contribution in [1.29, 1.82) is 0 Å². The van der Waals surface area contributed by atoms with Crippen LogP contribution in [0.2, 0.25) is 0 Å². The fourth-order valence-corrected chi connectivity index (χ4v) is 2.82. The topological polar surface area (TPSA) is 48.3 Å². The molecule has 0 bridgehead atoms. The highest BCUT2D eigenvalue weighted by atomic mass is 16.5. The van der Waals surface area contributed by atoms with Crippen LogP contribution >= 0.6 is 0 Å². The van der Waals surface area contributed by atoms with E-state index in [1.165, 1.54) is 0 Å². The van der Waals surface area contributed by atoms with Crippen LogP contribution in [0.25, 0.3) is 17.0 Å². The van der Waals surface area contributed by atoms with Crippen LogP contribution in [0.3, 0.4) is 0 Å². The van der Waals surface area contributed by atoms with Gasteiger partial charge in [-0.15, -0.1) is 0 Å². The number of benzene rings is 1. The largest absolute Gasteiger partial charge is 0.466 e. The number of ether oxygens (including phenoxy) is 1. The quantitative estimate of drug-likeness (QED) is 0.629. The van der Waals surface area contributed by atoms with Crippen molar-refractivity contribution in [3.8, 4) is 0 Å². The predicted molar refractivity (Wildman–Crippen MR) is 85.2 cm³/mol. The number of allylic oxidation sites excluding steroid dienone is 1. The first kappa shape index (κ1) is 14.6. The van der Waals surface area contributed by atoms with Gasteiger partial charge in [0, 0.05) is 35.6 Å². The number of hydrogen-bond acceptors (Lipinski definition) is 3. The van der Waals surface area contributed by atoms with Gasteiger partial charge in [-0.05, 0) is 31.6 Å². The zero-order chi connectivity index (χ0) is 15.7. The van der Waals surface area contributed by atoms with E-state index in [-0.39, 0.29) is 23.6 Å². The summed E-state index contributed by atoms with van der Waals surface area (Å²) in [5.41, 5.74) is 2.14. The van der Waals surface area contributed by atoms with Gasteiger partial charge in [0.1, 0.15) is 0 Å². The van der Waals surface area contributed by atoms with E-state index in [1.807, 2.05) is 48.2 Å². The van der Waals surface area contributed by atoms with Crippen molar-refractivity contribution in [3.05, 3.63) is 42.1 Å². The van der Waals surface area contributed by atoms with E-state index in [2.05, 4.69) is 0 Å². The van der Waals surface area contributed by atoms with Gasteiger partial charge >= 0.3 is 5.97 Å². The van der Waals surface area contributed by atoms with E-state index in [0.29, 0.717) is 13.0 Å². The van der Waals surface area contributed by atoms with Crippen molar-refractivity contribution >= 4 is 28.7 Å². The van der Waals surface area contributed by atoms with Crippen molar-refractivity contribution in [2.75, 3.05) is 6.61 Å². The normalized spacial score (nSPS) is 20.5. The first-order chi connectivity index (χ1) is 10.6. The summed E-state index contributed by atoms with van der Waals surface area (Å²) < 4.78 is 6.99. The molecule has 0 N–H and O–H groups in total. The second-order valence-corrected chi connectivity index (χ2v) is 5.65. The number of aromatic nitrogens is 1. The Morgan fingerprint density at radius 1 is 1.32 bits per heavy atom. The summed E-state index contributed by atoms with van der Waals surface area (Å²) in [5, 5.41) is 1.12. The Bertz CT molecular complexity index is 757. The maximum Gasteiger partial charge on any atom is 0.309 e. The number of para-hydroxylation sites is 1. The number of esters is 1. The van der Waals surface area contributed by atoms with E-state index < -0.39 is 0 Å². The maximum absolute atomic E-state index is 12.1. The molecule has 2 atom stereocenters. The van der Waals surface area contributed by atoms with E-state index in [4.69, 9.17) is 4.74 Å². The van der Waals surface area contributed by atoms with Gasteiger partial charge in [-0.3, -0.25) is 9.59 Å². The molecule has 0 saturated heterocycles. The summed E-state index contributed by atoms with van der Waals surface area (Å²) in [6, 6.07) is 8.07. The summed E-state index contributed by atoms with van der Waals surface area (Å²) in [5.74, 6) is -0.694. The molecule has 1 aliphatic rings. The van der Waals surface area contributed by atoms with Crippen LogP contribution in [0.5, 0.6) is 0 Å². The summed E-state index contributed by atoms with van der Waals surface area (Å²) >= 11 is 0. The molecule has 22 heavy (non-hydrogen) atoms. The average Bonchev–Trinajstić information content (AvgIpc) is 3.26. The molecule has 1 aromatic heterocycles. The molecule has 1 saturated carbocycles. The first-order valence-electron chi connectivity index (χ1n) is 7.54. The molecule has 0 amide bonds. The second-order valence-electron chi connectivity index (χ2n) is 5.65. The molecule has 1 fully saturated rings. The maximum atomic E-state index is 12.1. The van der Waals surface area contributed by atoms with Crippen molar-refractivity contribution in [1.82, 2.24) is 4.57 Å². The molecule has 4 heteroatoms. The Kier molecular flexibility index (Phi) is 3.84. The highest BCUT2D eigenvalue weighted by molar-refractivity contribution is 6.02. The third-order valence-electron chi connectivity index (χ3n) is 4.10. The second kappa shape index (κ2) is 5.79. The lowest BCUT2D eigenvalue weighted by atomic mass is 10.1. The van der Waals surface area contributed by atoms with Crippen molar-refractivity contribution in [2.24, 2.45) is 18.9 Å². The highest BCUT2D eigenvalue weighted by Crippen LogP contribution is 2.40. The molecule has 2 aromatic rings.